The van der Waals surface area contributed by atoms with Crippen LogP contribution in [0.25, 0.3) is 0 Å². The molecule has 1 aromatic heterocycles. The largest absolute Gasteiger partial charge is 0.353 e. The average molecular weight is 304 g/mol. The quantitative estimate of drug-likeness (QED) is 0.756. The smallest absolute Gasteiger partial charge is 0.227 e. The summed E-state index contributed by atoms with van der Waals surface area (Å²) in [6, 6.07) is 2.80. The van der Waals surface area contributed by atoms with Gasteiger partial charge in [0.05, 0.1) is 0 Å². The van der Waals surface area contributed by atoms with Gasteiger partial charge in [-0.05, 0) is 45.4 Å². The SMILES string of the molecule is CCCN(CCC)c1nc(C)cc(N2CCCCC2CC)n1. The molecule has 1 fully saturated rings. The van der Waals surface area contributed by atoms with Crippen LogP contribution in [0.2, 0.25) is 0 Å². The van der Waals surface area contributed by atoms with Gasteiger partial charge in [0, 0.05) is 37.4 Å². The van der Waals surface area contributed by atoms with Crippen molar-refractivity contribution in [2.24, 2.45) is 0 Å². The highest BCUT2D eigenvalue weighted by Gasteiger charge is 2.23. The normalized spacial score (nSPS) is 18.5. The first-order valence-electron chi connectivity index (χ1n) is 9.06. The molecule has 0 bridgehead atoms. The Labute approximate surface area is 135 Å². The maximum atomic E-state index is 4.93. The minimum Gasteiger partial charge on any atom is -0.353 e. The van der Waals surface area contributed by atoms with E-state index in [0.29, 0.717) is 6.04 Å². The second kappa shape index (κ2) is 8.35. The molecule has 4 heteroatoms. The number of anilines is 2. The standard InChI is InChI=1S/C18H32N4/c1-5-11-21(12-6-2)18-19-15(4)14-17(20-18)22-13-9-8-10-16(22)7-3/h14,16H,5-13H2,1-4H3. The molecule has 1 aromatic rings. The molecule has 1 aliphatic heterocycles. The van der Waals surface area contributed by atoms with Crippen molar-refractivity contribution >= 4 is 11.8 Å². The molecule has 124 valence electrons. The maximum Gasteiger partial charge on any atom is 0.227 e. The van der Waals surface area contributed by atoms with Gasteiger partial charge in [0.15, 0.2) is 0 Å². The average Bonchev–Trinajstić information content (AvgIpc) is 2.54. The lowest BCUT2D eigenvalue weighted by atomic mass is 10.00. The van der Waals surface area contributed by atoms with Crippen LogP contribution in [0.15, 0.2) is 6.07 Å². The monoisotopic (exact) mass is 304 g/mol. The highest BCUT2D eigenvalue weighted by Crippen LogP contribution is 2.27. The molecule has 1 saturated heterocycles. The van der Waals surface area contributed by atoms with Crippen molar-refractivity contribution in [3.05, 3.63) is 11.8 Å². The number of hydrogen-bond donors (Lipinski definition) is 0. The van der Waals surface area contributed by atoms with Crippen LogP contribution in [0.1, 0.15) is 65.0 Å². The summed E-state index contributed by atoms with van der Waals surface area (Å²) in [7, 11) is 0. The summed E-state index contributed by atoms with van der Waals surface area (Å²) in [4.78, 5) is 14.5. The Bertz CT molecular complexity index is 454. The third kappa shape index (κ3) is 4.11. The Balaban J connectivity index is 2.28. The fourth-order valence-corrected chi connectivity index (χ4v) is 3.40. The maximum absolute atomic E-state index is 4.93. The molecular weight excluding hydrogens is 272 g/mol. The zero-order valence-electron chi connectivity index (χ0n) is 14.8. The minimum atomic E-state index is 0.640. The molecule has 0 aromatic carbocycles. The van der Waals surface area contributed by atoms with Crippen molar-refractivity contribution in [3.63, 3.8) is 0 Å². The van der Waals surface area contributed by atoms with Crippen molar-refractivity contribution in [2.75, 3.05) is 29.4 Å². The molecule has 1 aliphatic rings. The van der Waals surface area contributed by atoms with E-state index in [0.717, 1.165) is 49.9 Å². The van der Waals surface area contributed by atoms with E-state index in [1.54, 1.807) is 0 Å². The van der Waals surface area contributed by atoms with E-state index < -0.39 is 0 Å². The van der Waals surface area contributed by atoms with Crippen LogP contribution in [0.4, 0.5) is 11.8 Å². The summed E-state index contributed by atoms with van der Waals surface area (Å²) in [5.74, 6) is 2.05. The van der Waals surface area contributed by atoms with Crippen LogP contribution in [0.3, 0.4) is 0 Å². The highest BCUT2D eigenvalue weighted by atomic mass is 15.3. The van der Waals surface area contributed by atoms with E-state index in [4.69, 9.17) is 9.97 Å². The van der Waals surface area contributed by atoms with E-state index in [1.165, 1.54) is 25.7 Å². The summed E-state index contributed by atoms with van der Waals surface area (Å²) in [6.45, 7) is 12.0. The van der Waals surface area contributed by atoms with Gasteiger partial charge < -0.3 is 9.80 Å². The van der Waals surface area contributed by atoms with Crippen LogP contribution in [0.5, 0.6) is 0 Å². The molecule has 2 rings (SSSR count). The van der Waals surface area contributed by atoms with Gasteiger partial charge in [0.2, 0.25) is 5.95 Å². The second-order valence-corrected chi connectivity index (χ2v) is 6.41. The first kappa shape index (κ1) is 17.0. The minimum absolute atomic E-state index is 0.640. The van der Waals surface area contributed by atoms with Crippen LogP contribution in [0, 0.1) is 6.92 Å². The lowest BCUT2D eigenvalue weighted by Gasteiger charge is -2.36. The summed E-state index contributed by atoms with van der Waals surface area (Å²) < 4.78 is 0. The summed E-state index contributed by atoms with van der Waals surface area (Å²) >= 11 is 0. The molecular formula is C18H32N4. The Morgan fingerprint density at radius 3 is 2.50 bits per heavy atom. The zero-order chi connectivity index (χ0) is 15.9. The first-order valence-corrected chi connectivity index (χ1v) is 9.06. The van der Waals surface area contributed by atoms with E-state index in [-0.39, 0.29) is 0 Å². The number of aryl methyl sites for hydroxylation is 1. The molecule has 0 spiro atoms. The van der Waals surface area contributed by atoms with Gasteiger partial charge in [-0.3, -0.25) is 0 Å². The van der Waals surface area contributed by atoms with E-state index in [1.807, 2.05) is 0 Å². The predicted molar refractivity (Wildman–Crippen MR) is 94.8 cm³/mol. The van der Waals surface area contributed by atoms with Crippen molar-refractivity contribution in [1.29, 1.82) is 0 Å². The third-order valence-corrected chi connectivity index (χ3v) is 4.49. The van der Waals surface area contributed by atoms with Gasteiger partial charge in [-0.15, -0.1) is 0 Å². The summed E-state index contributed by atoms with van der Waals surface area (Å²) in [5, 5.41) is 0. The predicted octanol–water partition coefficient (Wildman–Crippen LogP) is 4.18. The van der Waals surface area contributed by atoms with Gasteiger partial charge in [-0.1, -0.05) is 20.8 Å². The van der Waals surface area contributed by atoms with Crippen LogP contribution < -0.4 is 9.80 Å². The zero-order valence-corrected chi connectivity index (χ0v) is 14.8. The first-order chi connectivity index (χ1) is 10.7. The van der Waals surface area contributed by atoms with Gasteiger partial charge in [-0.2, -0.15) is 4.98 Å². The number of hydrogen-bond acceptors (Lipinski definition) is 4. The third-order valence-electron chi connectivity index (χ3n) is 4.49. The van der Waals surface area contributed by atoms with Crippen LogP contribution in [-0.4, -0.2) is 35.6 Å². The molecule has 0 saturated carbocycles. The van der Waals surface area contributed by atoms with Gasteiger partial charge in [0.25, 0.3) is 0 Å². The number of rotatable bonds is 7. The van der Waals surface area contributed by atoms with Crippen LogP contribution >= 0.6 is 0 Å². The second-order valence-electron chi connectivity index (χ2n) is 6.41. The van der Waals surface area contributed by atoms with E-state index in [2.05, 4.69) is 43.6 Å². The van der Waals surface area contributed by atoms with E-state index in [9.17, 15) is 0 Å². The number of aromatic nitrogens is 2. The summed E-state index contributed by atoms with van der Waals surface area (Å²) in [6.07, 6.45) is 7.39. The molecule has 0 aliphatic carbocycles. The fraction of sp³-hybridized carbons (Fsp3) is 0.778. The Kier molecular flexibility index (Phi) is 6.47. The molecule has 4 nitrogen and oxygen atoms in total. The molecule has 1 atom stereocenters. The Hall–Kier alpha value is -1.32. The summed E-state index contributed by atoms with van der Waals surface area (Å²) in [5.41, 5.74) is 1.08. The fourth-order valence-electron chi connectivity index (χ4n) is 3.40. The molecule has 22 heavy (non-hydrogen) atoms. The van der Waals surface area contributed by atoms with Crippen molar-refractivity contribution < 1.29 is 0 Å². The number of piperidine rings is 1. The van der Waals surface area contributed by atoms with E-state index >= 15 is 0 Å². The molecule has 0 amide bonds. The lowest BCUT2D eigenvalue weighted by Crippen LogP contribution is -2.40. The van der Waals surface area contributed by atoms with Gasteiger partial charge in [-0.25, -0.2) is 4.98 Å². The topological polar surface area (TPSA) is 32.3 Å². The van der Waals surface area contributed by atoms with Crippen molar-refractivity contribution in [1.82, 2.24) is 9.97 Å². The van der Waals surface area contributed by atoms with Gasteiger partial charge in [0.1, 0.15) is 5.82 Å². The van der Waals surface area contributed by atoms with Crippen molar-refractivity contribution in [2.45, 2.75) is 72.3 Å². The molecule has 1 unspecified atom stereocenters. The lowest BCUT2D eigenvalue weighted by molar-refractivity contribution is 0.446. The molecule has 0 N–H and O–H groups in total. The highest BCUT2D eigenvalue weighted by molar-refractivity contribution is 5.47. The molecule has 0 radical (unpaired) electrons. The molecule has 2 heterocycles. The number of nitrogens with zero attached hydrogens (tertiary/aromatic N) is 4. The van der Waals surface area contributed by atoms with Crippen LogP contribution in [-0.2, 0) is 0 Å². The van der Waals surface area contributed by atoms with Gasteiger partial charge >= 0.3 is 0 Å². The van der Waals surface area contributed by atoms with Crippen molar-refractivity contribution in [3.8, 4) is 0 Å². The Morgan fingerprint density at radius 2 is 1.86 bits per heavy atom. The Morgan fingerprint density at radius 1 is 1.14 bits per heavy atom.